The van der Waals surface area contributed by atoms with Gasteiger partial charge in [0.15, 0.2) is 0 Å². The van der Waals surface area contributed by atoms with E-state index in [1.54, 1.807) is 0 Å². The Bertz CT molecular complexity index is 277. The molecule has 0 aliphatic carbocycles. The van der Waals surface area contributed by atoms with Crippen LogP contribution in [0, 0.1) is 0 Å². The second kappa shape index (κ2) is 9.02. The van der Waals surface area contributed by atoms with Crippen LogP contribution < -0.4 is 10.1 Å². The molecule has 3 nitrogen and oxygen atoms in total. The number of ether oxygens (including phenoxy) is 1. The third kappa shape index (κ3) is 6.29. The van der Waals surface area contributed by atoms with Crippen LogP contribution >= 0.6 is 0 Å². The lowest BCUT2D eigenvalue weighted by molar-refractivity contribution is 0.258. The van der Waals surface area contributed by atoms with E-state index in [0.29, 0.717) is 6.04 Å². The van der Waals surface area contributed by atoms with Crippen molar-refractivity contribution in [2.75, 3.05) is 19.8 Å². The van der Waals surface area contributed by atoms with E-state index in [1.165, 1.54) is 0 Å². The van der Waals surface area contributed by atoms with Crippen molar-refractivity contribution in [2.45, 2.75) is 32.2 Å². The molecule has 0 aromatic heterocycles. The fourth-order valence-corrected chi connectivity index (χ4v) is 1.69. The van der Waals surface area contributed by atoms with E-state index >= 15 is 0 Å². The fourth-order valence-electron chi connectivity index (χ4n) is 1.69. The van der Waals surface area contributed by atoms with E-state index < -0.39 is 0 Å². The molecule has 3 heteroatoms. The molecular weight excluding hydrogens is 214 g/mol. The molecule has 0 saturated heterocycles. The number of para-hydroxylation sites is 1. The summed E-state index contributed by atoms with van der Waals surface area (Å²) in [5.41, 5.74) is 0. The molecule has 2 N–H and O–H groups in total. The third-order valence-electron chi connectivity index (χ3n) is 2.74. The second-order valence-electron chi connectivity index (χ2n) is 4.09. The summed E-state index contributed by atoms with van der Waals surface area (Å²) in [7, 11) is 0. The normalized spacial score (nSPS) is 12.4. The summed E-state index contributed by atoms with van der Waals surface area (Å²) in [5, 5.41) is 12.3. The quantitative estimate of drug-likeness (QED) is 0.647. The average molecular weight is 237 g/mol. The van der Waals surface area contributed by atoms with Gasteiger partial charge in [-0.15, -0.1) is 0 Å². The van der Waals surface area contributed by atoms with Crippen molar-refractivity contribution in [1.29, 1.82) is 0 Å². The summed E-state index contributed by atoms with van der Waals surface area (Å²) in [6.07, 6.45) is 2.87. The van der Waals surface area contributed by atoms with Gasteiger partial charge in [0.05, 0.1) is 6.61 Å². The van der Waals surface area contributed by atoms with Crippen LogP contribution in [-0.2, 0) is 0 Å². The van der Waals surface area contributed by atoms with Crippen LogP contribution in [0.4, 0.5) is 0 Å². The Morgan fingerprint density at radius 2 is 2.06 bits per heavy atom. The molecule has 1 aromatic rings. The summed E-state index contributed by atoms with van der Waals surface area (Å²) in [5.74, 6) is 0.926. The molecule has 0 fully saturated rings. The highest BCUT2D eigenvalue weighted by Crippen LogP contribution is 2.08. The highest BCUT2D eigenvalue weighted by Gasteiger charge is 2.03. The minimum atomic E-state index is 0.256. The smallest absolute Gasteiger partial charge is 0.119 e. The van der Waals surface area contributed by atoms with Gasteiger partial charge in [-0.1, -0.05) is 25.1 Å². The first-order chi connectivity index (χ1) is 8.36. The van der Waals surface area contributed by atoms with Crippen molar-refractivity contribution in [2.24, 2.45) is 0 Å². The zero-order chi connectivity index (χ0) is 12.3. The number of hydrogen-bond acceptors (Lipinski definition) is 3. The Morgan fingerprint density at radius 3 is 2.71 bits per heavy atom. The van der Waals surface area contributed by atoms with Crippen LogP contribution in [0.15, 0.2) is 30.3 Å². The summed E-state index contributed by atoms with van der Waals surface area (Å²) in [6.45, 7) is 4.05. The first-order valence-electron chi connectivity index (χ1n) is 6.39. The number of benzene rings is 1. The molecule has 0 spiro atoms. The molecule has 0 heterocycles. The average Bonchev–Trinajstić information content (AvgIpc) is 2.38. The predicted octanol–water partition coefficient (Wildman–Crippen LogP) is 2.21. The summed E-state index contributed by atoms with van der Waals surface area (Å²) >= 11 is 0. The van der Waals surface area contributed by atoms with Crippen molar-refractivity contribution in [3.63, 3.8) is 0 Å². The Balaban J connectivity index is 2.04. The van der Waals surface area contributed by atoms with E-state index in [1.807, 2.05) is 30.3 Å². The molecule has 0 aliphatic heterocycles. The van der Waals surface area contributed by atoms with Gasteiger partial charge >= 0.3 is 0 Å². The van der Waals surface area contributed by atoms with Gasteiger partial charge in [0.2, 0.25) is 0 Å². The number of nitrogens with one attached hydrogen (secondary N) is 1. The Labute approximate surface area is 104 Å². The predicted molar refractivity (Wildman–Crippen MR) is 70.3 cm³/mol. The van der Waals surface area contributed by atoms with E-state index in [4.69, 9.17) is 9.84 Å². The van der Waals surface area contributed by atoms with E-state index in [0.717, 1.165) is 38.2 Å². The highest BCUT2D eigenvalue weighted by molar-refractivity contribution is 5.20. The highest BCUT2D eigenvalue weighted by atomic mass is 16.5. The number of aliphatic hydroxyl groups excluding tert-OH is 1. The molecule has 0 saturated carbocycles. The molecule has 17 heavy (non-hydrogen) atoms. The van der Waals surface area contributed by atoms with Crippen LogP contribution in [0.1, 0.15) is 26.2 Å². The minimum absolute atomic E-state index is 0.256. The molecule has 1 atom stereocenters. The van der Waals surface area contributed by atoms with Crippen molar-refractivity contribution in [1.82, 2.24) is 5.32 Å². The van der Waals surface area contributed by atoms with E-state index in [-0.39, 0.29) is 6.61 Å². The summed E-state index contributed by atoms with van der Waals surface area (Å²) in [6, 6.07) is 10.3. The summed E-state index contributed by atoms with van der Waals surface area (Å²) in [4.78, 5) is 0. The van der Waals surface area contributed by atoms with Gasteiger partial charge in [-0.05, 0) is 37.9 Å². The number of hydrogen-bond donors (Lipinski definition) is 2. The SMILES string of the molecule is CCC(CCO)NCCCOc1ccccc1. The standard InChI is InChI=1S/C14H23NO2/c1-2-13(9-11-16)15-10-6-12-17-14-7-4-3-5-8-14/h3-5,7-8,13,15-16H,2,6,9-12H2,1H3. The van der Waals surface area contributed by atoms with Crippen molar-refractivity contribution < 1.29 is 9.84 Å². The van der Waals surface area contributed by atoms with Crippen molar-refractivity contribution in [3.05, 3.63) is 30.3 Å². The lowest BCUT2D eigenvalue weighted by Gasteiger charge is -2.15. The summed E-state index contributed by atoms with van der Waals surface area (Å²) < 4.78 is 5.59. The lowest BCUT2D eigenvalue weighted by atomic mass is 10.1. The van der Waals surface area contributed by atoms with Crippen molar-refractivity contribution >= 4 is 0 Å². The molecule has 1 rings (SSSR count). The number of aliphatic hydroxyl groups is 1. The topological polar surface area (TPSA) is 41.5 Å². The monoisotopic (exact) mass is 237 g/mol. The van der Waals surface area contributed by atoms with Crippen LogP contribution in [0.3, 0.4) is 0 Å². The Morgan fingerprint density at radius 1 is 1.29 bits per heavy atom. The van der Waals surface area contributed by atoms with Gasteiger partial charge in [0.25, 0.3) is 0 Å². The third-order valence-corrected chi connectivity index (χ3v) is 2.74. The largest absolute Gasteiger partial charge is 0.494 e. The Hall–Kier alpha value is -1.06. The molecular formula is C14H23NO2. The van der Waals surface area contributed by atoms with Gasteiger partial charge in [-0.3, -0.25) is 0 Å². The van der Waals surface area contributed by atoms with Crippen molar-refractivity contribution in [3.8, 4) is 5.75 Å². The van der Waals surface area contributed by atoms with Gasteiger partial charge < -0.3 is 15.2 Å². The maximum atomic E-state index is 8.85. The van der Waals surface area contributed by atoms with E-state index in [9.17, 15) is 0 Å². The van der Waals surface area contributed by atoms with Gasteiger partial charge in [0.1, 0.15) is 5.75 Å². The van der Waals surface area contributed by atoms with Gasteiger partial charge in [-0.25, -0.2) is 0 Å². The zero-order valence-corrected chi connectivity index (χ0v) is 10.6. The maximum absolute atomic E-state index is 8.85. The first kappa shape index (κ1) is 14.0. The van der Waals surface area contributed by atoms with Gasteiger partial charge in [-0.2, -0.15) is 0 Å². The van der Waals surface area contributed by atoms with Crippen LogP contribution in [0.2, 0.25) is 0 Å². The molecule has 0 aliphatic rings. The lowest BCUT2D eigenvalue weighted by Crippen LogP contribution is -2.30. The van der Waals surface area contributed by atoms with Crippen LogP contribution in [-0.4, -0.2) is 30.9 Å². The molecule has 0 amide bonds. The molecule has 1 aromatic carbocycles. The van der Waals surface area contributed by atoms with Crippen LogP contribution in [0.25, 0.3) is 0 Å². The van der Waals surface area contributed by atoms with Gasteiger partial charge in [0, 0.05) is 12.6 Å². The molecule has 96 valence electrons. The molecule has 1 unspecified atom stereocenters. The zero-order valence-electron chi connectivity index (χ0n) is 10.6. The van der Waals surface area contributed by atoms with Crippen LogP contribution in [0.5, 0.6) is 5.75 Å². The number of rotatable bonds is 9. The Kier molecular flexibility index (Phi) is 7.43. The maximum Gasteiger partial charge on any atom is 0.119 e. The molecule has 0 bridgehead atoms. The molecule has 0 radical (unpaired) electrons. The minimum Gasteiger partial charge on any atom is -0.494 e. The second-order valence-corrected chi connectivity index (χ2v) is 4.09. The fraction of sp³-hybridized carbons (Fsp3) is 0.571. The first-order valence-corrected chi connectivity index (χ1v) is 6.39. The van der Waals surface area contributed by atoms with E-state index in [2.05, 4.69) is 12.2 Å².